The van der Waals surface area contributed by atoms with Gasteiger partial charge in [0, 0.05) is 24.7 Å². The van der Waals surface area contributed by atoms with Gasteiger partial charge >= 0.3 is 6.09 Å². The van der Waals surface area contributed by atoms with Crippen LogP contribution in [0.2, 0.25) is 0 Å². The van der Waals surface area contributed by atoms with Gasteiger partial charge < -0.3 is 30.0 Å². The maximum absolute atomic E-state index is 14.4. The first-order chi connectivity index (χ1) is 20.6. The number of ether oxygens (including phenoxy) is 1. The van der Waals surface area contributed by atoms with Crippen LogP contribution in [0.1, 0.15) is 82.9 Å². The smallest absolute Gasteiger partial charge is 0.407 e. The van der Waals surface area contributed by atoms with Crippen LogP contribution in [0.15, 0.2) is 59.3 Å². The molecular weight excluding hydrogens is 560 g/mol. The fraction of sp³-hybridized carbons (Fsp3) is 0.485. The summed E-state index contributed by atoms with van der Waals surface area (Å²) in [7, 11) is 0. The summed E-state index contributed by atoms with van der Waals surface area (Å²) in [5.74, 6) is 0.666. The van der Waals surface area contributed by atoms with E-state index in [4.69, 9.17) is 14.1 Å². The number of carbonyl (C=O) groups is 3. The predicted octanol–water partition coefficient (Wildman–Crippen LogP) is 5.29. The Morgan fingerprint density at radius 1 is 0.955 bits per heavy atom. The standard InChI is InChI=1S/C33H46N6O5/c1-22(2)21-39(26(20-37-31(42)44-33(6,7)8)28(40)35-17-23-13-10-9-11-14-23)29(41)25-19-36-30(32(3,4)5)38-27(25)34-18-24-15-12-16-43-24/h9-16,19,22,26H,17-18,20-21H2,1-8H3,(H,35,40)(H,37,42)(H,34,36,38)/t26-/m0/s1. The molecule has 0 saturated carbocycles. The Morgan fingerprint density at radius 2 is 1.66 bits per heavy atom. The third-order valence-electron chi connectivity index (χ3n) is 6.35. The number of amides is 3. The van der Waals surface area contributed by atoms with Gasteiger partial charge in [0.15, 0.2) is 0 Å². The number of anilines is 1. The topological polar surface area (TPSA) is 139 Å². The van der Waals surface area contributed by atoms with Crippen LogP contribution in [-0.2, 0) is 28.0 Å². The summed E-state index contributed by atoms with van der Waals surface area (Å²) in [6, 6.07) is 12.0. The molecule has 238 valence electrons. The highest BCUT2D eigenvalue weighted by Gasteiger charge is 2.34. The molecule has 0 saturated heterocycles. The summed E-state index contributed by atoms with van der Waals surface area (Å²) < 4.78 is 10.9. The van der Waals surface area contributed by atoms with Crippen molar-refractivity contribution in [3.05, 3.63) is 77.6 Å². The van der Waals surface area contributed by atoms with Crippen LogP contribution in [0.4, 0.5) is 10.6 Å². The van der Waals surface area contributed by atoms with E-state index in [0.717, 1.165) is 5.56 Å². The zero-order valence-electron chi connectivity index (χ0n) is 27.1. The molecule has 44 heavy (non-hydrogen) atoms. The summed E-state index contributed by atoms with van der Waals surface area (Å²) in [5, 5.41) is 8.85. The summed E-state index contributed by atoms with van der Waals surface area (Å²) in [6.45, 7) is 15.7. The minimum atomic E-state index is -1.05. The minimum Gasteiger partial charge on any atom is -0.467 e. The minimum absolute atomic E-state index is 0.000746. The Labute approximate surface area is 260 Å². The number of aromatic nitrogens is 2. The van der Waals surface area contributed by atoms with Gasteiger partial charge in [0.1, 0.15) is 34.6 Å². The van der Waals surface area contributed by atoms with Crippen molar-refractivity contribution in [1.29, 1.82) is 0 Å². The highest BCUT2D eigenvalue weighted by molar-refractivity contribution is 6.01. The summed E-state index contributed by atoms with van der Waals surface area (Å²) in [6.07, 6.45) is 2.38. The number of rotatable bonds is 12. The molecular formula is C33H46N6O5. The molecule has 0 spiro atoms. The Bertz CT molecular complexity index is 1380. The van der Waals surface area contributed by atoms with Gasteiger partial charge in [-0.25, -0.2) is 14.8 Å². The molecule has 0 radical (unpaired) electrons. The molecule has 0 bridgehead atoms. The fourth-order valence-corrected chi connectivity index (χ4v) is 4.26. The first kappa shape index (κ1) is 34.1. The molecule has 0 aliphatic rings. The molecule has 3 rings (SSSR count). The molecule has 0 unspecified atom stereocenters. The molecule has 0 fully saturated rings. The Kier molecular flexibility index (Phi) is 11.5. The monoisotopic (exact) mass is 606 g/mol. The zero-order chi connectivity index (χ0) is 32.5. The number of benzene rings is 1. The first-order valence-corrected chi connectivity index (χ1v) is 14.9. The maximum Gasteiger partial charge on any atom is 0.407 e. The van der Waals surface area contributed by atoms with Crippen LogP contribution in [0.3, 0.4) is 0 Å². The van der Waals surface area contributed by atoms with E-state index in [2.05, 4.69) is 20.9 Å². The van der Waals surface area contributed by atoms with Gasteiger partial charge in [-0.05, 0) is 44.4 Å². The number of nitrogens with one attached hydrogen (secondary N) is 3. The van der Waals surface area contributed by atoms with Crippen molar-refractivity contribution in [2.75, 3.05) is 18.4 Å². The number of hydrogen-bond acceptors (Lipinski definition) is 8. The first-order valence-electron chi connectivity index (χ1n) is 14.9. The van der Waals surface area contributed by atoms with Crippen molar-refractivity contribution in [1.82, 2.24) is 25.5 Å². The van der Waals surface area contributed by atoms with E-state index in [1.54, 1.807) is 33.1 Å². The van der Waals surface area contributed by atoms with Crippen LogP contribution < -0.4 is 16.0 Å². The second-order valence-corrected chi connectivity index (χ2v) is 13.1. The molecule has 3 aromatic rings. The molecule has 2 aromatic heterocycles. The Balaban J connectivity index is 1.99. The molecule has 2 heterocycles. The fourth-order valence-electron chi connectivity index (χ4n) is 4.26. The Morgan fingerprint density at radius 3 is 2.25 bits per heavy atom. The van der Waals surface area contributed by atoms with Crippen molar-refractivity contribution in [2.24, 2.45) is 5.92 Å². The molecule has 11 heteroatoms. The van der Waals surface area contributed by atoms with Crippen LogP contribution in [0, 0.1) is 5.92 Å². The van der Waals surface area contributed by atoms with E-state index < -0.39 is 29.6 Å². The van der Waals surface area contributed by atoms with Crippen LogP contribution in [0.25, 0.3) is 0 Å². The number of nitrogens with zero attached hydrogens (tertiary/aromatic N) is 3. The third kappa shape index (κ3) is 10.4. The predicted molar refractivity (Wildman–Crippen MR) is 169 cm³/mol. The number of alkyl carbamates (subject to hydrolysis) is 1. The van der Waals surface area contributed by atoms with E-state index in [0.29, 0.717) is 23.9 Å². The molecule has 0 aliphatic carbocycles. The van der Waals surface area contributed by atoms with Crippen molar-refractivity contribution in [3.8, 4) is 0 Å². The second-order valence-electron chi connectivity index (χ2n) is 13.1. The van der Waals surface area contributed by atoms with Gasteiger partial charge in [-0.3, -0.25) is 9.59 Å². The van der Waals surface area contributed by atoms with Gasteiger partial charge in [-0.15, -0.1) is 0 Å². The van der Waals surface area contributed by atoms with Gasteiger partial charge in [-0.1, -0.05) is 65.0 Å². The highest BCUT2D eigenvalue weighted by Crippen LogP contribution is 2.24. The van der Waals surface area contributed by atoms with E-state index in [1.807, 2.05) is 71.0 Å². The average molecular weight is 607 g/mol. The van der Waals surface area contributed by atoms with Crippen molar-refractivity contribution < 1.29 is 23.5 Å². The van der Waals surface area contributed by atoms with E-state index >= 15 is 0 Å². The van der Waals surface area contributed by atoms with E-state index in [1.165, 1.54) is 11.1 Å². The lowest BCUT2D eigenvalue weighted by atomic mass is 9.95. The van der Waals surface area contributed by atoms with Crippen LogP contribution in [-0.4, -0.2) is 57.5 Å². The van der Waals surface area contributed by atoms with E-state index in [9.17, 15) is 14.4 Å². The number of carbonyl (C=O) groups excluding carboxylic acids is 3. The van der Waals surface area contributed by atoms with Crippen LogP contribution in [0.5, 0.6) is 0 Å². The number of hydrogen-bond donors (Lipinski definition) is 3. The lowest BCUT2D eigenvalue weighted by Gasteiger charge is -2.33. The van der Waals surface area contributed by atoms with Crippen molar-refractivity contribution in [3.63, 3.8) is 0 Å². The van der Waals surface area contributed by atoms with Gasteiger partial charge in [-0.2, -0.15) is 0 Å². The summed E-state index contributed by atoms with van der Waals surface area (Å²) in [5.41, 5.74) is -0.0128. The van der Waals surface area contributed by atoms with Crippen molar-refractivity contribution >= 4 is 23.7 Å². The number of furan rings is 1. The quantitative estimate of drug-likeness (QED) is 0.253. The normalized spacial score (nSPS) is 12.4. The zero-order valence-corrected chi connectivity index (χ0v) is 27.1. The largest absolute Gasteiger partial charge is 0.467 e. The lowest BCUT2D eigenvalue weighted by molar-refractivity contribution is -0.125. The SMILES string of the molecule is CC(C)CN(C(=O)c1cnc(C(C)(C)C)nc1NCc1ccco1)[C@@H](CNC(=O)OC(C)(C)C)C(=O)NCc1ccccc1. The van der Waals surface area contributed by atoms with Crippen molar-refractivity contribution in [2.45, 2.75) is 85.5 Å². The average Bonchev–Trinajstić information content (AvgIpc) is 3.46. The molecule has 3 N–H and O–H groups in total. The van der Waals surface area contributed by atoms with E-state index in [-0.39, 0.29) is 36.5 Å². The van der Waals surface area contributed by atoms with Crippen LogP contribution >= 0.6 is 0 Å². The molecule has 3 amide bonds. The van der Waals surface area contributed by atoms with Gasteiger partial charge in [0.05, 0.1) is 19.4 Å². The molecule has 1 atom stereocenters. The maximum atomic E-state index is 14.4. The van der Waals surface area contributed by atoms with Gasteiger partial charge in [0.25, 0.3) is 5.91 Å². The molecule has 0 aliphatic heterocycles. The summed E-state index contributed by atoms with van der Waals surface area (Å²) >= 11 is 0. The van der Waals surface area contributed by atoms with Gasteiger partial charge in [0.2, 0.25) is 5.91 Å². The highest BCUT2D eigenvalue weighted by atomic mass is 16.6. The second kappa shape index (κ2) is 14.9. The summed E-state index contributed by atoms with van der Waals surface area (Å²) in [4.78, 5) is 51.5. The molecule has 1 aromatic carbocycles. The molecule has 11 nitrogen and oxygen atoms in total. The Hall–Kier alpha value is -4.41. The lowest BCUT2D eigenvalue weighted by Crippen LogP contribution is -2.56. The third-order valence-corrected chi connectivity index (χ3v) is 6.35.